The number of amidine groups is 1. The minimum Gasteiger partial charge on any atom is -0.424 e. The average Bonchev–Trinajstić information content (AvgIpc) is 3.39. The van der Waals surface area contributed by atoms with Crippen molar-refractivity contribution >= 4 is 24.7 Å². The number of allylic oxidation sites excluding steroid dienone is 1. The second-order valence-corrected chi connectivity index (χ2v) is 8.07. The molecule has 1 aliphatic carbocycles. The average molecular weight is 396 g/mol. The monoisotopic (exact) mass is 396 g/mol. The Labute approximate surface area is 169 Å². The molecular formula is C21H24N4O4. The number of urea groups is 1. The Kier molecular flexibility index (Phi) is 4.74. The van der Waals surface area contributed by atoms with Gasteiger partial charge in [-0.15, -0.1) is 0 Å². The van der Waals surface area contributed by atoms with Crippen LogP contribution in [0.2, 0.25) is 0 Å². The highest BCUT2D eigenvalue weighted by Crippen LogP contribution is 2.48. The first-order chi connectivity index (χ1) is 13.8. The number of nitrogens with zero attached hydrogens (tertiary/aromatic N) is 3. The molecule has 0 spiro atoms. The molecule has 0 bridgehead atoms. The van der Waals surface area contributed by atoms with Crippen LogP contribution < -0.4 is 10.1 Å². The second kappa shape index (κ2) is 7.11. The van der Waals surface area contributed by atoms with Crippen LogP contribution in [0.15, 0.2) is 40.1 Å². The zero-order valence-corrected chi connectivity index (χ0v) is 16.8. The summed E-state index contributed by atoms with van der Waals surface area (Å²) in [6.45, 7) is 9.04. The summed E-state index contributed by atoms with van der Waals surface area (Å²) in [7, 11) is 0. The van der Waals surface area contributed by atoms with Crippen molar-refractivity contribution in [3.63, 3.8) is 0 Å². The van der Waals surface area contributed by atoms with Crippen molar-refractivity contribution in [1.82, 2.24) is 10.2 Å². The van der Waals surface area contributed by atoms with Gasteiger partial charge in [0, 0.05) is 5.70 Å². The Hall–Kier alpha value is -3.00. The highest BCUT2D eigenvalue weighted by atomic mass is 16.5. The number of hydrogen-bond donors (Lipinski definition) is 1. The summed E-state index contributed by atoms with van der Waals surface area (Å²) in [5, 5.41) is 2.63. The smallest absolute Gasteiger partial charge is 0.329 e. The normalized spacial score (nSPS) is 23.8. The molecule has 1 unspecified atom stereocenters. The van der Waals surface area contributed by atoms with E-state index in [9.17, 15) is 9.59 Å². The van der Waals surface area contributed by atoms with E-state index < -0.39 is 11.6 Å². The third-order valence-corrected chi connectivity index (χ3v) is 5.31. The molecule has 1 N–H and O–H groups in total. The Morgan fingerprint density at radius 3 is 2.76 bits per heavy atom. The van der Waals surface area contributed by atoms with Crippen molar-refractivity contribution in [3.8, 4) is 5.75 Å². The molecule has 2 heterocycles. The van der Waals surface area contributed by atoms with Crippen LogP contribution in [0.3, 0.4) is 0 Å². The fraction of sp³-hybridized carbons (Fsp3) is 0.429. The lowest BCUT2D eigenvalue weighted by molar-refractivity contribution is -0.128. The Bertz CT molecular complexity index is 946. The summed E-state index contributed by atoms with van der Waals surface area (Å²) in [6, 6.07) is 5.33. The summed E-state index contributed by atoms with van der Waals surface area (Å²) in [5.74, 6) is 0.842. The number of imide groups is 1. The number of nitrogens with one attached hydrogen (secondary N) is 1. The van der Waals surface area contributed by atoms with Gasteiger partial charge in [0.15, 0.2) is 0 Å². The highest BCUT2D eigenvalue weighted by Gasteiger charge is 2.45. The highest BCUT2D eigenvalue weighted by molar-refractivity contribution is 6.08. The van der Waals surface area contributed by atoms with Crippen LogP contribution in [0.1, 0.15) is 50.8 Å². The van der Waals surface area contributed by atoms with Crippen molar-refractivity contribution in [2.45, 2.75) is 51.9 Å². The number of benzene rings is 1. The largest absolute Gasteiger partial charge is 0.424 e. The molecule has 1 atom stereocenters. The van der Waals surface area contributed by atoms with Gasteiger partial charge in [-0.3, -0.25) is 4.79 Å². The maximum absolute atomic E-state index is 12.4. The summed E-state index contributed by atoms with van der Waals surface area (Å²) >= 11 is 0. The second-order valence-electron chi connectivity index (χ2n) is 8.07. The van der Waals surface area contributed by atoms with Gasteiger partial charge < -0.3 is 14.8 Å². The van der Waals surface area contributed by atoms with Gasteiger partial charge in [-0.1, -0.05) is 6.07 Å². The first-order valence-electron chi connectivity index (χ1n) is 9.60. The first-order valence-corrected chi connectivity index (χ1v) is 9.60. The minimum absolute atomic E-state index is 0.0255. The predicted molar refractivity (Wildman–Crippen MR) is 108 cm³/mol. The summed E-state index contributed by atoms with van der Waals surface area (Å²) in [6.07, 6.45) is 3.89. The summed E-state index contributed by atoms with van der Waals surface area (Å²) < 4.78 is 11.7. The van der Waals surface area contributed by atoms with Gasteiger partial charge in [0.1, 0.15) is 11.3 Å². The van der Waals surface area contributed by atoms with E-state index in [-0.39, 0.29) is 18.0 Å². The molecule has 29 heavy (non-hydrogen) atoms. The lowest BCUT2D eigenvalue weighted by Gasteiger charge is -2.15. The van der Waals surface area contributed by atoms with Crippen LogP contribution >= 0.6 is 0 Å². The molecule has 0 aromatic heterocycles. The predicted octanol–water partition coefficient (Wildman–Crippen LogP) is 3.30. The molecule has 1 aromatic rings. The van der Waals surface area contributed by atoms with E-state index in [4.69, 9.17) is 9.47 Å². The first kappa shape index (κ1) is 19.3. The number of aliphatic imine (C=N–C) groups is 2. The zero-order valence-electron chi connectivity index (χ0n) is 16.8. The maximum Gasteiger partial charge on any atom is 0.329 e. The molecule has 2 aliphatic heterocycles. The SMILES string of the molecule is C=NC(=N/C=C(\C)N1C(=O)NC(C)(C)C1=O)Oc1ccc2c(c1)C(C1CC1)OC2. The van der Waals surface area contributed by atoms with E-state index >= 15 is 0 Å². The lowest BCUT2D eigenvalue weighted by atomic mass is 10.0. The third kappa shape index (κ3) is 3.67. The Balaban J connectivity index is 1.51. The van der Waals surface area contributed by atoms with Crippen LogP contribution in [0.25, 0.3) is 0 Å². The molecule has 4 rings (SSSR count). The number of hydrogen-bond acceptors (Lipinski definition) is 5. The number of ether oxygens (including phenoxy) is 2. The van der Waals surface area contributed by atoms with Crippen molar-refractivity contribution in [2.75, 3.05) is 0 Å². The molecule has 152 valence electrons. The van der Waals surface area contributed by atoms with Gasteiger partial charge in [-0.2, -0.15) is 0 Å². The molecule has 0 radical (unpaired) electrons. The van der Waals surface area contributed by atoms with E-state index in [0.29, 0.717) is 24.0 Å². The van der Waals surface area contributed by atoms with Gasteiger partial charge >= 0.3 is 12.1 Å². The molecule has 1 saturated carbocycles. The zero-order chi connectivity index (χ0) is 20.8. The third-order valence-electron chi connectivity index (χ3n) is 5.31. The molecule has 3 aliphatic rings. The van der Waals surface area contributed by atoms with Gasteiger partial charge in [0.2, 0.25) is 0 Å². The number of fused-ring (bicyclic) bond motifs is 1. The number of carbonyl (C=O) groups excluding carboxylic acids is 2. The van der Waals surface area contributed by atoms with Gasteiger partial charge in [-0.25, -0.2) is 19.7 Å². The van der Waals surface area contributed by atoms with Gasteiger partial charge in [0.05, 0.1) is 18.9 Å². The van der Waals surface area contributed by atoms with Crippen molar-refractivity contribution in [1.29, 1.82) is 0 Å². The van der Waals surface area contributed by atoms with Crippen LogP contribution in [-0.4, -0.2) is 35.1 Å². The van der Waals surface area contributed by atoms with Gasteiger partial charge in [0.25, 0.3) is 5.91 Å². The van der Waals surface area contributed by atoms with Gasteiger partial charge in [-0.05, 0) is 69.5 Å². The molecule has 2 fully saturated rings. The van der Waals surface area contributed by atoms with Crippen molar-refractivity contribution in [3.05, 3.63) is 41.2 Å². The number of carbonyl (C=O) groups is 2. The quantitative estimate of drug-likeness (QED) is 0.480. The number of rotatable bonds is 4. The van der Waals surface area contributed by atoms with Crippen LogP contribution in [0.5, 0.6) is 5.75 Å². The standard InChI is InChI=1S/C21H24N4O4/c1-12(25-18(26)21(2,3)24-20(25)27)10-23-19(22-4)29-15-8-7-14-11-28-17(13-5-6-13)16(14)9-15/h7-10,13,17H,4-6,11H2,1-3H3,(H,24,27)/b12-10+,23-19?. The molecule has 8 heteroatoms. The van der Waals surface area contributed by atoms with E-state index in [1.54, 1.807) is 20.8 Å². The Morgan fingerprint density at radius 2 is 2.14 bits per heavy atom. The molecule has 8 nitrogen and oxygen atoms in total. The molecule has 1 aromatic carbocycles. The summed E-state index contributed by atoms with van der Waals surface area (Å²) in [4.78, 5) is 33.4. The van der Waals surface area contributed by atoms with Crippen molar-refractivity contribution in [2.24, 2.45) is 15.9 Å². The van der Waals surface area contributed by atoms with E-state index in [2.05, 4.69) is 22.0 Å². The van der Waals surface area contributed by atoms with E-state index in [1.165, 1.54) is 24.6 Å². The fourth-order valence-corrected chi connectivity index (χ4v) is 3.57. The van der Waals surface area contributed by atoms with Crippen LogP contribution in [0, 0.1) is 5.92 Å². The number of amides is 3. The lowest BCUT2D eigenvalue weighted by Crippen LogP contribution is -2.40. The fourth-order valence-electron chi connectivity index (χ4n) is 3.57. The maximum atomic E-state index is 12.4. The van der Waals surface area contributed by atoms with Crippen LogP contribution in [-0.2, 0) is 16.1 Å². The molecule has 3 amide bonds. The molecule has 1 saturated heterocycles. The topological polar surface area (TPSA) is 92.6 Å². The van der Waals surface area contributed by atoms with Crippen molar-refractivity contribution < 1.29 is 19.1 Å². The molecular weight excluding hydrogens is 372 g/mol. The van der Waals surface area contributed by atoms with Crippen LogP contribution in [0.4, 0.5) is 4.79 Å². The summed E-state index contributed by atoms with van der Waals surface area (Å²) in [5.41, 5.74) is 1.74. The van der Waals surface area contributed by atoms with E-state index in [0.717, 1.165) is 10.5 Å². The minimum atomic E-state index is -0.948. The Morgan fingerprint density at radius 1 is 1.38 bits per heavy atom. The van der Waals surface area contributed by atoms with E-state index in [1.807, 2.05) is 18.2 Å².